The Balaban J connectivity index is 0.00000364. The number of nitrogens with one attached hydrogen (secondary N) is 2. The minimum Gasteiger partial charge on any atom is -0.496 e. The smallest absolute Gasteiger partial charge is 0.191 e. The van der Waals surface area contributed by atoms with Gasteiger partial charge in [-0.15, -0.1) is 24.0 Å². The molecule has 0 radical (unpaired) electrons. The molecule has 1 heterocycles. The molecule has 2 N–H and O–H groups in total. The van der Waals surface area contributed by atoms with Crippen LogP contribution in [0.1, 0.15) is 36.2 Å². The summed E-state index contributed by atoms with van der Waals surface area (Å²) in [6.45, 7) is 9.85. The lowest BCUT2D eigenvalue weighted by atomic mass is 9.85. The Kier molecular flexibility index (Phi) is 9.02. The van der Waals surface area contributed by atoms with Gasteiger partial charge in [-0.25, -0.2) is 0 Å². The van der Waals surface area contributed by atoms with E-state index in [1.807, 2.05) is 26.1 Å². The van der Waals surface area contributed by atoms with Gasteiger partial charge in [-0.1, -0.05) is 44.2 Å². The molecule has 0 spiro atoms. The highest BCUT2D eigenvalue weighted by Gasteiger charge is 2.20. The second-order valence-electron chi connectivity index (χ2n) is 7.08. The van der Waals surface area contributed by atoms with Crippen molar-refractivity contribution in [1.82, 2.24) is 15.6 Å². The molecule has 0 aliphatic carbocycles. The number of aliphatic imine (C=N–C) groups is 1. The average Bonchev–Trinajstić information content (AvgIpc) is 2.64. The molecule has 1 aromatic heterocycles. The van der Waals surface area contributed by atoms with Gasteiger partial charge in [0.25, 0.3) is 0 Å². The van der Waals surface area contributed by atoms with Gasteiger partial charge in [0.15, 0.2) is 5.96 Å². The standard InChI is InChI=1S/C21H30N4O.HI/c1-15-12-23-18(16(2)19(15)26-6)13-24-20(22-5)25-14-21(3,4)17-10-8-7-9-11-17;/h7-12H,13-14H2,1-6H3,(H2,22,24,25);1H. The van der Waals surface area contributed by atoms with Crippen LogP contribution in [-0.4, -0.2) is 31.6 Å². The Morgan fingerprint density at radius 1 is 1.15 bits per heavy atom. The van der Waals surface area contributed by atoms with E-state index in [1.54, 1.807) is 14.2 Å². The molecule has 6 heteroatoms. The number of guanidine groups is 1. The quantitative estimate of drug-likeness (QED) is 0.372. The Bertz CT molecular complexity index is 760. The summed E-state index contributed by atoms with van der Waals surface area (Å²) in [5, 5.41) is 6.76. The van der Waals surface area contributed by atoms with Crippen molar-refractivity contribution in [3.8, 4) is 5.75 Å². The minimum absolute atomic E-state index is 0. The third-order valence-corrected chi connectivity index (χ3v) is 4.65. The van der Waals surface area contributed by atoms with Gasteiger partial charge in [0.2, 0.25) is 0 Å². The molecule has 0 saturated carbocycles. The number of methoxy groups -OCH3 is 1. The van der Waals surface area contributed by atoms with Crippen LogP contribution in [0.15, 0.2) is 41.5 Å². The molecular weight excluding hydrogens is 451 g/mol. The predicted molar refractivity (Wildman–Crippen MR) is 123 cm³/mol. The van der Waals surface area contributed by atoms with Crippen LogP contribution in [-0.2, 0) is 12.0 Å². The first-order valence-electron chi connectivity index (χ1n) is 8.88. The van der Waals surface area contributed by atoms with Gasteiger partial charge in [0.1, 0.15) is 5.75 Å². The maximum Gasteiger partial charge on any atom is 0.191 e. The Morgan fingerprint density at radius 3 is 2.41 bits per heavy atom. The highest BCUT2D eigenvalue weighted by Crippen LogP contribution is 2.24. The summed E-state index contributed by atoms with van der Waals surface area (Å²) >= 11 is 0. The molecule has 0 saturated heterocycles. The monoisotopic (exact) mass is 482 g/mol. The van der Waals surface area contributed by atoms with Gasteiger partial charge in [-0.2, -0.15) is 0 Å². The third kappa shape index (κ3) is 6.09. The van der Waals surface area contributed by atoms with E-state index in [-0.39, 0.29) is 29.4 Å². The molecule has 2 aromatic rings. The van der Waals surface area contributed by atoms with Crippen molar-refractivity contribution in [3.63, 3.8) is 0 Å². The number of benzene rings is 1. The summed E-state index contributed by atoms with van der Waals surface area (Å²) < 4.78 is 5.48. The zero-order valence-corrected chi connectivity index (χ0v) is 19.4. The highest BCUT2D eigenvalue weighted by atomic mass is 127. The van der Waals surface area contributed by atoms with Crippen LogP contribution >= 0.6 is 24.0 Å². The maximum atomic E-state index is 5.48. The SMILES string of the molecule is CN=C(NCc1ncc(C)c(OC)c1C)NCC(C)(C)c1ccccc1.I. The molecule has 0 fully saturated rings. The topological polar surface area (TPSA) is 58.5 Å². The van der Waals surface area contributed by atoms with Crippen LogP contribution in [0.4, 0.5) is 0 Å². The van der Waals surface area contributed by atoms with Crippen LogP contribution in [0.25, 0.3) is 0 Å². The molecule has 0 bridgehead atoms. The van der Waals surface area contributed by atoms with Crippen molar-refractivity contribution in [1.29, 1.82) is 0 Å². The largest absolute Gasteiger partial charge is 0.496 e. The molecule has 0 unspecified atom stereocenters. The lowest BCUT2D eigenvalue weighted by Crippen LogP contribution is -2.43. The molecular formula is C21H31IN4O. The molecule has 0 atom stereocenters. The number of hydrogen-bond acceptors (Lipinski definition) is 3. The summed E-state index contributed by atoms with van der Waals surface area (Å²) in [4.78, 5) is 8.85. The fraction of sp³-hybridized carbons (Fsp3) is 0.429. The summed E-state index contributed by atoms with van der Waals surface area (Å²) in [6, 6.07) is 10.5. The normalized spacial score (nSPS) is 11.6. The number of halogens is 1. The fourth-order valence-electron chi connectivity index (χ4n) is 2.93. The number of ether oxygens (including phenoxy) is 1. The molecule has 2 rings (SSSR count). The van der Waals surface area contributed by atoms with E-state index in [1.165, 1.54) is 5.56 Å². The number of rotatable bonds is 6. The van der Waals surface area contributed by atoms with Crippen LogP contribution in [0.2, 0.25) is 0 Å². The summed E-state index contributed by atoms with van der Waals surface area (Å²) in [7, 11) is 3.47. The molecule has 5 nitrogen and oxygen atoms in total. The van der Waals surface area contributed by atoms with Crippen molar-refractivity contribution < 1.29 is 4.74 Å². The second kappa shape index (κ2) is 10.5. The number of hydrogen-bond donors (Lipinski definition) is 2. The van der Waals surface area contributed by atoms with Crippen molar-refractivity contribution in [3.05, 3.63) is 58.9 Å². The molecule has 0 amide bonds. The zero-order valence-electron chi connectivity index (χ0n) is 17.1. The average molecular weight is 482 g/mol. The molecule has 27 heavy (non-hydrogen) atoms. The molecule has 148 valence electrons. The Morgan fingerprint density at radius 2 is 1.81 bits per heavy atom. The minimum atomic E-state index is 0. The fourth-order valence-corrected chi connectivity index (χ4v) is 2.93. The first-order chi connectivity index (χ1) is 12.4. The number of nitrogens with zero attached hydrogens (tertiary/aromatic N) is 2. The van der Waals surface area contributed by atoms with Crippen LogP contribution < -0.4 is 15.4 Å². The third-order valence-electron chi connectivity index (χ3n) is 4.65. The first kappa shape index (κ1) is 23.2. The zero-order chi connectivity index (χ0) is 19.2. The van der Waals surface area contributed by atoms with E-state index in [0.717, 1.165) is 35.1 Å². The summed E-state index contributed by atoms with van der Waals surface area (Å²) in [5.41, 5.74) is 4.35. The lowest BCUT2D eigenvalue weighted by Gasteiger charge is -2.26. The maximum absolute atomic E-state index is 5.48. The second-order valence-corrected chi connectivity index (χ2v) is 7.08. The Labute approximate surface area is 180 Å². The van der Waals surface area contributed by atoms with E-state index in [9.17, 15) is 0 Å². The van der Waals surface area contributed by atoms with Gasteiger partial charge >= 0.3 is 0 Å². The lowest BCUT2D eigenvalue weighted by molar-refractivity contribution is 0.406. The first-order valence-corrected chi connectivity index (χ1v) is 8.88. The van der Waals surface area contributed by atoms with Gasteiger partial charge in [-0.3, -0.25) is 9.98 Å². The van der Waals surface area contributed by atoms with Crippen molar-refractivity contribution in [2.24, 2.45) is 4.99 Å². The van der Waals surface area contributed by atoms with E-state index in [0.29, 0.717) is 6.54 Å². The summed E-state index contributed by atoms with van der Waals surface area (Å²) in [6.07, 6.45) is 1.84. The Hall–Kier alpha value is -1.83. The van der Waals surface area contributed by atoms with Crippen molar-refractivity contribution in [2.45, 2.75) is 39.7 Å². The van der Waals surface area contributed by atoms with Gasteiger partial charge in [0.05, 0.1) is 19.3 Å². The molecule has 0 aliphatic heterocycles. The number of aromatic nitrogens is 1. The predicted octanol–water partition coefficient (Wildman–Crippen LogP) is 3.97. The molecule has 0 aliphatic rings. The van der Waals surface area contributed by atoms with Gasteiger partial charge < -0.3 is 15.4 Å². The van der Waals surface area contributed by atoms with Crippen LogP contribution in [0, 0.1) is 13.8 Å². The van der Waals surface area contributed by atoms with Crippen molar-refractivity contribution >= 4 is 29.9 Å². The van der Waals surface area contributed by atoms with E-state index in [4.69, 9.17) is 4.74 Å². The number of pyridine rings is 1. The van der Waals surface area contributed by atoms with E-state index >= 15 is 0 Å². The van der Waals surface area contributed by atoms with Crippen LogP contribution in [0.3, 0.4) is 0 Å². The van der Waals surface area contributed by atoms with E-state index in [2.05, 4.69) is 58.7 Å². The van der Waals surface area contributed by atoms with E-state index < -0.39 is 0 Å². The van der Waals surface area contributed by atoms with Crippen molar-refractivity contribution in [2.75, 3.05) is 20.7 Å². The number of aryl methyl sites for hydroxylation is 1. The molecule has 1 aromatic carbocycles. The summed E-state index contributed by atoms with van der Waals surface area (Å²) in [5.74, 6) is 1.65. The van der Waals surface area contributed by atoms with Crippen LogP contribution in [0.5, 0.6) is 5.75 Å². The van der Waals surface area contributed by atoms with Gasteiger partial charge in [0, 0.05) is 36.3 Å². The highest BCUT2D eigenvalue weighted by molar-refractivity contribution is 14.0. The van der Waals surface area contributed by atoms with Gasteiger partial charge in [-0.05, 0) is 19.4 Å².